The lowest BCUT2D eigenvalue weighted by Gasteiger charge is -2.19. The van der Waals surface area contributed by atoms with Crippen LogP contribution in [-0.4, -0.2) is 19.8 Å². The van der Waals surface area contributed by atoms with Crippen molar-refractivity contribution in [2.24, 2.45) is 0 Å². The standard InChI is InChI=1S/C17H21NO2/c1-3-15(20-16-9-5-4-6-10-16)13-18-14-8-7-11-17(12-14)19-2/h4-12,15,18H,3,13H2,1-2H3. The van der Waals surface area contributed by atoms with E-state index in [0.29, 0.717) is 0 Å². The molecule has 1 unspecified atom stereocenters. The van der Waals surface area contributed by atoms with Crippen molar-refractivity contribution in [1.82, 2.24) is 0 Å². The second kappa shape index (κ2) is 7.43. The van der Waals surface area contributed by atoms with Gasteiger partial charge in [-0.25, -0.2) is 0 Å². The first-order valence-electron chi connectivity index (χ1n) is 6.91. The zero-order valence-electron chi connectivity index (χ0n) is 12.0. The minimum Gasteiger partial charge on any atom is -0.497 e. The highest BCUT2D eigenvalue weighted by Gasteiger charge is 2.08. The van der Waals surface area contributed by atoms with Crippen molar-refractivity contribution in [2.75, 3.05) is 19.0 Å². The Morgan fingerprint density at radius 3 is 2.45 bits per heavy atom. The van der Waals surface area contributed by atoms with E-state index in [1.54, 1.807) is 7.11 Å². The highest BCUT2D eigenvalue weighted by molar-refractivity contribution is 5.48. The SMILES string of the molecule is CCC(CNc1cccc(OC)c1)Oc1ccccc1. The van der Waals surface area contributed by atoms with E-state index >= 15 is 0 Å². The third-order valence-corrected chi connectivity index (χ3v) is 3.10. The van der Waals surface area contributed by atoms with Crippen LogP contribution in [0.15, 0.2) is 54.6 Å². The van der Waals surface area contributed by atoms with Crippen molar-refractivity contribution >= 4 is 5.69 Å². The fourth-order valence-electron chi connectivity index (χ4n) is 1.93. The number of hydrogen-bond acceptors (Lipinski definition) is 3. The normalized spacial score (nSPS) is 11.7. The van der Waals surface area contributed by atoms with Gasteiger partial charge in [-0.1, -0.05) is 31.2 Å². The summed E-state index contributed by atoms with van der Waals surface area (Å²) in [5.74, 6) is 1.76. The minimum atomic E-state index is 0.142. The molecule has 0 aromatic heterocycles. The summed E-state index contributed by atoms with van der Waals surface area (Å²) in [6.07, 6.45) is 1.09. The van der Waals surface area contributed by atoms with Gasteiger partial charge in [0, 0.05) is 11.8 Å². The van der Waals surface area contributed by atoms with Crippen LogP contribution in [0, 0.1) is 0 Å². The second-order valence-corrected chi connectivity index (χ2v) is 4.57. The van der Waals surface area contributed by atoms with Gasteiger partial charge in [-0.15, -0.1) is 0 Å². The van der Waals surface area contributed by atoms with Crippen LogP contribution in [0.1, 0.15) is 13.3 Å². The van der Waals surface area contributed by atoms with Gasteiger partial charge in [0.05, 0.1) is 13.7 Å². The topological polar surface area (TPSA) is 30.5 Å². The van der Waals surface area contributed by atoms with E-state index in [0.717, 1.165) is 30.2 Å². The average molecular weight is 271 g/mol. The van der Waals surface area contributed by atoms with Gasteiger partial charge in [-0.2, -0.15) is 0 Å². The molecule has 0 saturated carbocycles. The maximum atomic E-state index is 5.95. The molecule has 3 heteroatoms. The third-order valence-electron chi connectivity index (χ3n) is 3.10. The molecular formula is C17H21NO2. The number of benzene rings is 2. The van der Waals surface area contributed by atoms with Crippen LogP contribution < -0.4 is 14.8 Å². The molecule has 0 saturated heterocycles. The maximum absolute atomic E-state index is 5.95. The Labute approximate surface area is 120 Å². The molecule has 0 fully saturated rings. The maximum Gasteiger partial charge on any atom is 0.120 e. The van der Waals surface area contributed by atoms with Gasteiger partial charge >= 0.3 is 0 Å². The first kappa shape index (κ1) is 14.3. The third kappa shape index (κ3) is 4.19. The number of nitrogens with one attached hydrogen (secondary N) is 1. The Balaban J connectivity index is 1.90. The number of anilines is 1. The summed E-state index contributed by atoms with van der Waals surface area (Å²) in [6.45, 7) is 2.89. The van der Waals surface area contributed by atoms with E-state index in [9.17, 15) is 0 Å². The van der Waals surface area contributed by atoms with Crippen LogP contribution >= 0.6 is 0 Å². The fourth-order valence-corrected chi connectivity index (χ4v) is 1.93. The molecule has 2 aromatic rings. The highest BCUT2D eigenvalue weighted by Crippen LogP contribution is 2.18. The first-order valence-corrected chi connectivity index (χ1v) is 6.91. The number of rotatable bonds is 7. The molecule has 20 heavy (non-hydrogen) atoms. The fraction of sp³-hybridized carbons (Fsp3) is 0.294. The Hall–Kier alpha value is -2.16. The van der Waals surface area contributed by atoms with Gasteiger partial charge < -0.3 is 14.8 Å². The zero-order chi connectivity index (χ0) is 14.2. The summed E-state index contributed by atoms with van der Waals surface area (Å²) < 4.78 is 11.2. The monoisotopic (exact) mass is 271 g/mol. The lowest BCUT2D eigenvalue weighted by atomic mass is 10.2. The molecule has 0 aliphatic heterocycles. The Morgan fingerprint density at radius 2 is 1.75 bits per heavy atom. The van der Waals surface area contributed by atoms with Gasteiger partial charge in [0.2, 0.25) is 0 Å². The molecule has 0 amide bonds. The van der Waals surface area contributed by atoms with E-state index in [1.807, 2.05) is 54.6 Å². The van der Waals surface area contributed by atoms with Crippen molar-refractivity contribution in [3.05, 3.63) is 54.6 Å². The highest BCUT2D eigenvalue weighted by atomic mass is 16.5. The van der Waals surface area contributed by atoms with E-state index in [-0.39, 0.29) is 6.10 Å². The molecule has 1 N–H and O–H groups in total. The molecular weight excluding hydrogens is 250 g/mol. The van der Waals surface area contributed by atoms with Crippen LogP contribution in [0.5, 0.6) is 11.5 Å². The van der Waals surface area contributed by atoms with E-state index in [1.165, 1.54) is 0 Å². The summed E-state index contributed by atoms with van der Waals surface area (Å²) in [7, 11) is 1.67. The predicted octanol–water partition coefficient (Wildman–Crippen LogP) is 3.96. The smallest absolute Gasteiger partial charge is 0.120 e. The molecule has 2 rings (SSSR count). The van der Waals surface area contributed by atoms with E-state index in [4.69, 9.17) is 9.47 Å². The number of hydrogen-bond donors (Lipinski definition) is 1. The van der Waals surface area contributed by atoms with E-state index < -0.39 is 0 Å². The average Bonchev–Trinajstić information content (AvgIpc) is 2.52. The van der Waals surface area contributed by atoms with Crippen LogP contribution in [0.25, 0.3) is 0 Å². The Kier molecular flexibility index (Phi) is 5.30. The Morgan fingerprint density at radius 1 is 1.00 bits per heavy atom. The molecule has 0 bridgehead atoms. The van der Waals surface area contributed by atoms with Crippen LogP contribution in [-0.2, 0) is 0 Å². The Bertz CT molecular complexity index is 513. The second-order valence-electron chi connectivity index (χ2n) is 4.57. The van der Waals surface area contributed by atoms with Crippen molar-refractivity contribution in [1.29, 1.82) is 0 Å². The van der Waals surface area contributed by atoms with Crippen molar-refractivity contribution in [3.63, 3.8) is 0 Å². The largest absolute Gasteiger partial charge is 0.497 e. The number of ether oxygens (including phenoxy) is 2. The lowest BCUT2D eigenvalue weighted by Crippen LogP contribution is -2.25. The zero-order valence-corrected chi connectivity index (χ0v) is 12.0. The number of para-hydroxylation sites is 1. The van der Waals surface area contributed by atoms with Crippen LogP contribution in [0.4, 0.5) is 5.69 Å². The molecule has 1 atom stereocenters. The van der Waals surface area contributed by atoms with Gasteiger partial charge in [0.25, 0.3) is 0 Å². The lowest BCUT2D eigenvalue weighted by molar-refractivity contribution is 0.210. The molecule has 0 aliphatic carbocycles. The molecule has 2 aromatic carbocycles. The van der Waals surface area contributed by atoms with E-state index in [2.05, 4.69) is 12.2 Å². The predicted molar refractivity (Wildman–Crippen MR) is 82.6 cm³/mol. The van der Waals surface area contributed by atoms with Crippen LogP contribution in [0.2, 0.25) is 0 Å². The van der Waals surface area contributed by atoms with Gasteiger partial charge in [0.1, 0.15) is 17.6 Å². The van der Waals surface area contributed by atoms with Crippen molar-refractivity contribution in [2.45, 2.75) is 19.4 Å². The van der Waals surface area contributed by atoms with Crippen molar-refractivity contribution in [3.8, 4) is 11.5 Å². The molecule has 3 nitrogen and oxygen atoms in total. The van der Waals surface area contributed by atoms with Crippen molar-refractivity contribution < 1.29 is 9.47 Å². The summed E-state index contributed by atoms with van der Waals surface area (Å²) in [5.41, 5.74) is 1.04. The quantitative estimate of drug-likeness (QED) is 0.826. The molecule has 0 radical (unpaired) electrons. The van der Waals surface area contributed by atoms with Gasteiger partial charge in [0.15, 0.2) is 0 Å². The summed E-state index contributed by atoms with van der Waals surface area (Å²) >= 11 is 0. The molecule has 0 spiro atoms. The van der Waals surface area contributed by atoms with Crippen LogP contribution in [0.3, 0.4) is 0 Å². The summed E-state index contributed by atoms with van der Waals surface area (Å²) in [4.78, 5) is 0. The van der Waals surface area contributed by atoms with Gasteiger partial charge in [-0.3, -0.25) is 0 Å². The minimum absolute atomic E-state index is 0.142. The first-order chi connectivity index (χ1) is 9.81. The summed E-state index contributed by atoms with van der Waals surface area (Å²) in [5, 5.41) is 3.39. The number of methoxy groups -OCH3 is 1. The van der Waals surface area contributed by atoms with Gasteiger partial charge in [-0.05, 0) is 30.7 Å². The summed E-state index contributed by atoms with van der Waals surface area (Å²) in [6, 6.07) is 17.8. The molecule has 0 aliphatic rings. The molecule has 0 heterocycles. The molecule has 106 valence electrons.